The van der Waals surface area contributed by atoms with Crippen molar-refractivity contribution in [1.29, 1.82) is 5.26 Å². The third-order valence-corrected chi connectivity index (χ3v) is 4.73. The van der Waals surface area contributed by atoms with Crippen LogP contribution in [0.1, 0.15) is 40.7 Å². The standard InChI is InChI=1S/C18H17N5OS/c1-10-5-7-14(8-6-10)17-23-22-16(24-17)12(3)25-18-15(9-19)11(2)20-13(4)21-18/h5-8,12H,1-4H3. The molecule has 0 fully saturated rings. The lowest BCUT2D eigenvalue weighted by Gasteiger charge is -2.09. The second-order valence-corrected chi connectivity index (χ2v) is 7.05. The molecule has 0 radical (unpaired) electrons. The van der Waals surface area contributed by atoms with Crippen molar-refractivity contribution in [2.24, 2.45) is 0 Å². The van der Waals surface area contributed by atoms with Crippen LogP contribution in [0.5, 0.6) is 0 Å². The molecule has 7 heteroatoms. The predicted molar refractivity (Wildman–Crippen MR) is 95.0 cm³/mol. The fourth-order valence-corrected chi connectivity index (χ4v) is 3.35. The van der Waals surface area contributed by atoms with Crippen LogP contribution in [0.4, 0.5) is 0 Å². The molecule has 0 N–H and O–H groups in total. The van der Waals surface area contributed by atoms with Gasteiger partial charge >= 0.3 is 0 Å². The van der Waals surface area contributed by atoms with E-state index in [0.29, 0.717) is 33.9 Å². The highest BCUT2D eigenvalue weighted by Crippen LogP contribution is 2.36. The molecule has 0 aliphatic carbocycles. The van der Waals surface area contributed by atoms with Crippen molar-refractivity contribution in [2.75, 3.05) is 0 Å². The Labute approximate surface area is 150 Å². The first-order valence-electron chi connectivity index (χ1n) is 7.80. The minimum Gasteiger partial charge on any atom is -0.419 e. The molecule has 2 aromatic heterocycles. The van der Waals surface area contributed by atoms with Crippen molar-refractivity contribution >= 4 is 11.8 Å². The first-order valence-corrected chi connectivity index (χ1v) is 8.68. The van der Waals surface area contributed by atoms with Gasteiger partial charge in [0.15, 0.2) is 0 Å². The lowest BCUT2D eigenvalue weighted by Crippen LogP contribution is -2.00. The van der Waals surface area contributed by atoms with E-state index in [2.05, 4.69) is 26.2 Å². The van der Waals surface area contributed by atoms with Crippen LogP contribution in [0.15, 0.2) is 33.7 Å². The fourth-order valence-electron chi connectivity index (χ4n) is 2.32. The minimum absolute atomic E-state index is 0.132. The molecule has 1 unspecified atom stereocenters. The van der Waals surface area contributed by atoms with Crippen LogP contribution >= 0.6 is 11.8 Å². The smallest absolute Gasteiger partial charge is 0.247 e. The van der Waals surface area contributed by atoms with E-state index in [1.54, 1.807) is 0 Å². The van der Waals surface area contributed by atoms with E-state index in [9.17, 15) is 5.26 Å². The van der Waals surface area contributed by atoms with Crippen LogP contribution in [-0.2, 0) is 0 Å². The number of hydrogen-bond donors (Lipinski definition) is 0. The zero-order valence-electron chi connectivity index (χ0n) is 14.4. The van der Waals surface area contributed by atoms with Gasteiger partial charge in [0, 0.05) is 5.56 Å². The third kappa shape index (κ3) is 3.69. The van der Waals surface area contributed by atoms with Gasteiger partial charge in [0.25, 0.3) is 0 Å². The summed E-state index contributed by atoms with van der Waals surface area (Å²) in [6.07, 6.45) is 0. The molecule has 0 spiro atoms. The Morgan fingerprint density at radius 3 is 2.48 bits per heavy atom. The molecule has 3 rings (SSSR count). The van der Waals surface area contributed by atoms with E-state index in [1.807, 2.05) is 52.0 Å². The molecule has 1 aromatic carbocycles. The van der Waals surface area contributed by atoms with E-state index in [-0.39, 0.29) is 5.25 Å². The van der Waals surface area contributed by atoms with Gasteiger partial charge in [0.2, 0.25) is 11.8 Å². The predicted octanol–water partition coefficient (Wildman–Crippen LogP) is 4.18. The van der Waals surface area contributed by atoms with E-state index >= 15 is 0 Å². The van der Waals surface area contributed by atoms with Gasteiger partial charge in [-0.1, -0.05) is 29.5 Å². The Balaban J connectivity index is 1.84. The second-order valence-electron chi connectivity index (χ2n) is 5.72. The third-order valence-electron chi connectivity index (χ3n) is 3.66. The van der Waals surface area contributed by atoms with Crippen molar-refractivity contribution in [2.45, 2.75) is 38.0 Å². The fraction of sp³-hybridized carbons (Fsp3) is 0.278. The summed E-state index contributed by atoms with van der Waals surface area (Å²) in [7, 11) is 0. The number of aryl methyl sites for hydroxylation is 3. The summed E-state index contributed by atoms with van der Waals surface area (Å²) in [6, 6.07) is 10.1. The summed E-state index contributed by atoms with van der Waals surface area (Å²) < 4.78 is 5.81. The van der Waals surface area contributed by atoms with Gasteiger partial charge in [0.1, 0.15) is 22.5 Å². The molecule has 25 heavy (non-hydrogen) atoms. The quantitative estimate of drug-likeness (QED) is 0.514. The average molecular weight is 351 g/mol. The van der Waals surface area contributed by atoms with Crippen LogP contribution < -0.4 is 0 Å². The number of thioether (sulfide) groups is 1. The van der Waals surface area contributed by atoms with Gasteiger partial charge in [-0.05, 0) is 39.8 Å². The minimum atomic E-state index is -0.132. The summed E-state index contributed by atoms with van der Waals surface area (Å²) in [5.74, 6) is 1.62. The molecule has 6 nitrogen and oxygen atoms in total. The lowest BCUT2D eigenvalue weighted by molar-refractivity contribution is 0.509. The highest BCUT2D eigenvalue weighted by atomic mass is 32.2. The SMILES string of the molecule is Cc1ccc(-c2nnc(C(C)Sc3nc(C)nc(C)c3C#N)o2)cc1. The van der Waals surface area contributed by atoms with Gasteiger partial charge in [0.05, 0.1) is 10.9 Å². The second kappa shape index (κ2) is 7.03. The summed E-state index contributed by atoms with van der Waals surface area (Å²) in [6.45, 7) is 7.60. The Hall–Kier alpha value is -2.72. The van der Waals surface area contributed by atoms with Crippen LogP contribution in [0.25, 0.3) is 11.5 Å². The van der Waals surface area contributed by atoms with Gasteiger partial charge in [-0.15, -0.1) is 10.2 Å². The molecule has 2 heterocycles. The summed E-state index contributed by atoms with van der Waals surface area (Å²) >= 11 is 1.42. The monoisotopic (exact) mass is 351 g/mol. The molecule has 0 saturated carbocycles. The Morgan fingerprint density at radius 2 is 1.80 bits per heavy atom. The molecule has 0 bridgehead atoms. The first kappa shape index (κ1) is 17.1. The van der Waals surface area contributed by atoms with Crippen molar-refractivity contribution in [3.05, 3.63) is 52.8 Å². The Kier molecular flexibility index (Phi) is 4.81. The van der Waals surface area contributed by atoms with Crippen molar-refractivity contribution < 1.29 is 4.42 Å². The molecule has 3 aromatic rings. The number of benzene rings is 1. The van der Waals surface area contributed by atoms with E-state index in [0.717, 1.165) is 5.56 Å². The zero-order valence-corrected chi connectivity index (χ0v) is 15.3. The molecule has 126 valence electrons. The largest absolute Gasteiger partial charge is 0.419 e. The van der Waals surface area contributed by atoms with Gasteiger partial charge in [-0.2, -0.15) is 5.26 Å². The summed E-state index contributed by atoms with van der Waals surface area (Å²) in [4.78, 5) is 8.62. The highest BCUT2D eigenvalue weighted by molar-refractivity contribution is 7.99. The summed E-state index contributed by atoms with van der Waals surface area (Å²) in [5.41, 5.74) is 3.22. The first-order chi connectivity index (χ1) is 12.0. The Morgan fingerprint density at radius 1 is 1.08 bits per heavy atom. The van der Waals surface area contributed by atoms with Crippen molar-refractivity contribution in [1.82, 2.24) is 20.2 Å². The normalized spacial score (nSPS) is 12.0. The van der Waals surface area contributed by atoms with Crippen LogP contribution in [0.2, 0.25) is 0 Å². The average Bonchev–Trinajstić information content (AvgIpc) is 3.05. The van der Waals surface area contributed by atoms with Crippen molar-refractivity contribution in [3.63, 3.8) is 0 Å². The summed E-state index contributed by atoms with van der Waals surface area (Å²) in [5, 5.41) is 18.1. The van der Waals surface area contributed by atoms with Crippen LogP contribution in [0, 0.1) is 32.1 Å². The lowest BCUT2D eigenvalue weighted by atomic mass is 10.1. The number of aromatic nitrogens is 4. The maximum Gasteiger partial charge on any atom is 0.247 e. The number of hydrogen-bond acceptors (Lipinski definition) is 7. The van der Waals surface area contributed by atoms with Crippen LogP contribution in [-0.4, -0.2) is 20.2 Å². The van der Waals surface area contributed by atoms with Gasteiger partial charge in [-0.3, -0.25) is 0 Å². The molecule has 0 aliphatic rings. The van der Waals surface area contributed by atoms with E-state index in [4.69, 9.17) is 4.42 Å². The maximum atomic E-state index is 9.35. The molecular formula is C18H17N5OS. The Bertz CT molecular complexity index is 943. The van der Waals surface area contributed by atoms with E-state index < -0.39 is 0 Å². The number of nitriles is 1. The zero-order chi connectivity index (χ0) is 18.0. The molecular weight excluding hydrogens is 334 g/mol. The topological polar surface area (TPSA) is 88.5 Å². The van der Waals surface area contributed by atoms with Gasteiger partial charge in [-0.25, -0.2) is 9.97 Å². The number of nitrogens with zero attached hydrogens (tertiary/aromatic N) is 5. The molecule has 0 amide bonds. The number of rotatable bonds is 4. The molecule has 0 aliphatic heterocycles. The van der Waals surface area contributed by atoms with Gasteiger partial charge < -0.3 is 4.42 Å². The maximum absolute atomic E-state index is 9.35. The molecule has 0 saturated heterocycles. The van der Waals surface area contributed by atoms with Crippen LogP contribution in [0.3, 0.4) is 0 Å². The van der Waals surface area contributed by atoms with Crippen molar-refractivity contribution in [3.8, 4) is 17.5 Å². The molecule has 1 atom stereocenters. The highest BCUT2D eigenvalue weighted by Gasteiger charge is 2.20. The van der Waals surface area contributed by atoms with E-state index in [1.165, 1.54) is 17.3 Å².